The first kappa shape index (κ1) is 27.1. The van der Waals surface area contributed by atoms with Gasteiger partial charge in [0.05, 0.1) is 24.8 Å². The molecule has 0 spiro atoms. The predicted molar refractivity (Wildman–Crippen MR) is 152 cm³/mol. The second kappa shape index (κ2) is 12.6. The number of benzene rings is 3. The molecule has 0 saturated carbocycles. The summed E-state index contributed by atoms with van der Waals surface area (Å²) < 4.78 is 12.1. The zero-order valence-corrected chi connectivity index (χ0v) is 23.2. The highest BCUT2D eigenvalue weighted by molar-refractivity contribution is 9.10. The molecule has 1 N–H and O–H groups in total. The number of morpholine rings is 1. The van der Waals surface area contributed by atoms with Crippen LogP contribution in [-0.2, 0) is 20.9 Å². The molecule has 3 aromatic rings. The fourth-order valence-corrected chi connectivity index (χ4v) is 5.45. The van der Waals surface area contributed by atoms with Crippen LogP contribution in [0.1, 0.15) is 29.2 Å². The van der Waals surface area contributed by atoms with Crippen molar-refractivity contribution in [2.24, 2.45) is 0 Å². The first-order valence-electron chi connectivity index (χ1n) is 13.1. The summed E-state index contributed by atoms with van der Waals surface area (Å²) in [5.41, 5.74) is 2.36. The van der Waals surface area contributed by atoms with E-state index < -0.39 is 17.7 Å². The number of likely N-dealkylation sites (tertiary alicyclic amines) is 1. The van der Waals surface area contributed by atoms with Gasteiger partial charge in [-0.3, -0.25) is 14.5 Å². The number of hydrogen-bond donors (Lipinski definition) is 1. The minimum absolute atomic E-state index is 0.0995. The first-order valence-corrected chi connectivity index (χ1v) is 13.9. The van der Waals surface area contributed by atoms with E-state index in [9.17, 15) is 14.7 Å². The predicted octanol–water partition coefficient (Wildman–Crippen LogP) is 5.17. The van der Waals surface area contributed by atoms with Crippen molar-refractivity contribution in [2.45, 2.75) is 19.1 Å². The average Bonchev–Trinajstić information content (AvgIpc) is 3.22. The number of hydrogen-bond acceptors (Lipinski definition) is 6. The van der Waals surface area contributed by atoms with Crippen LogP contribution in [0, 0.1) is 0 Å². The molecule has 2 saturated heterocycles. The van der Waals surface area contributed by atoms with Gasteiger partial charge in [-0.1, -0.05) is 58.4 Å². The molecule has 1 atom stereocenters. The average molecular weight is 592 g/mol. The van der Waals surface area contributed by atoms with Crippen molar-refractivity contribution in [2.75, 3.05) is 39.4 Å². The zero-order valence-electron chi connectivity index (χ0n) is 21.6. The summed E-state index contributed by atoms with van der Waals surface area (Å²) in [6.07, 6.45) is 0.713. The number of carbonyl (C=O) groups excluding carboxylic acids is 2. The summed E-state index contributed by atoms with van der Waals surface area (Å²) in [5, 5.41) is 11.4. The third-order valence-corrected chi connectivity index (χ3v) is 7.55. The van der Waals surface area contributed by atoms with Gasteiger partial charge in [-0.2, -0.15) is 0 Å². The summed E-state index contributed by atoms with van der Waals surface area (Å²) in [6, 6.07) is 23.6. The summed E-state index contributed by atoms with van der Waals surface area (Å²) in [7, 11) is 0. The van der Waals surface area contributed by atoms with Crippen molar-refractivity contribution < 1.29 is 24.2 Å². The summed E-state index contributed by atoms with van der Waals surface area (Å²) in [4.78, 5) is 30.5. The van der Waals surface area contributed by atoms with Crippen LogP contribution in [0.2, 0.25) is 0 Å². The number of amides is 1. The largest absolute Gasteiger partial charge is 0.507 e. The molecule has 0 aliphatic carbocycles. The van der Waals surface area contributed by atoms with Crippen molar-refractivity contribution in [1.82, 2.24) is 9.80 Å². The van der Waals surface area contributed by atoms with Gasteiger partial charge >= 0.3 is 0 Å². The molecule has 2 fully saturated rings. The molecular weight excluding hydrogens is 560 g/mol. The Morgan fingerprint density at radius 3 is 2.41 bits per heavy atom. The number of ketones is 1. The molecule has 39 heavy (non-hydrogen) atoms. The summed E-state index contributed by atoms with van der Waals surface area (Å²) in [5.74, 6) is -0.814. The van der Waals surface area contributed by atoms with E-state index in [0.29, 0.717) is 44.1 Å². The summed E-state index contributed by atoms with van der Waals surface area (Å²) >= 11 is 3.51. The fraction of sp³-hybridized carbons (Fsp3) is 0.290. The van der Waals surface area contributed by atoms with Crippen LogP contribution in [0.3, 0.4) is 0 Å². The van der Waals surface area contributed by atoms with Gasteiger partial charge in [-0.25, -0.2) is 0 Å². The Balaban J connectivity index is 1.39. The standard InChI is InChI=1S/C31H31BrN2O5/c32-25-9-4-8-24(20-25)28-27(30(36)31(37)34(28)15-5-14-33-16-18-38-19-17-33)29(35)23-10-12-26(13-11-23)39-21-22-6-2-1-3-7-22/h1-4,6-13,20,28,35H,5,14-19,21H2/b29-27+. The Bertz CT molecular complexity index is 1340. The molecule has 1 unspecified atom stereocenters. The minimum atomic E-state index is -0.679. The topological polar surface area (TPSA) is 79.3 Å². The number of ether oxygens (including phenoxy) is 2. The number of halogens is 1. The number of rotatable bonds is 9. The molecule has 8 heteroatoms. The maximum absolute atomic E-state index is 13.3. The monoisotopic (exact) mass is 590 g/mol. The number of Topliss-reactive ketones (excluding diaryl/α,β-unsaturated/α-hetero) is 1. The molecule has 7 nitrogen and oxygen atoms in total. The molecule has 3 aromatic carbocycles. The number of nitrogens with zero attached hydrogens (tertiary/aromatic N) is 2. The quantitative estimate of drug-likeness (QED) is 0.210. The van der Waals surface area contributed by atoms with Gasteiger partial charge in [0.15, 0.2) is 0 Å². The van der Waals surface area contributed by atoms with E-state index >= 15 is 0 Å². The zero-order chi connectivity index (χ0) is 27.2. The molecule has 0 radical (unpaired) electrons. The molecular formula is C31H31BrN2O5. The normalized spacial score (nSPS) is 19.4. The van der Waals surface area contributed by atoms with Crippen molar-refractivity contribution in [1.29, 1.82) is 0 Å². The maximum atomic E-state index is 13.3. The first-order chi connectivity index (χ1) is 19.0. The van der Waals surface area contributed by atoms with Gasteiger partial charge in [-0.15, -0.1) is 0 Å². The third-order valence-electron chi connectivity index (χ3n) is 7.06. The van der Waals surface area contributed by atoms with E-state index in [0.717, 1.165) is 35.2 Å². The molecule has 202 valence electrons. The smallest absolute Gasteiger partial charge is 0.295 e. The van der Waals surface area contributed by atoms with Crippen LogP contribution < -0.4 is 4.74 Å². The molecule has 0 bridgehead atoms. The van der Waals surface area contributed by atoms with Crippen LogP contribution in [-0.4, -0.2) is 66.0 Å². The van der Waals surface area contributed by atoms with Gasteiger partial charge in [-0.05, 0) is 53.9 Å². The van der Waals surface area contributed by atoms with E-state index in [1.165, 1.54) is 0 Å². The lowest BCUT2D eigenvalue weighted by atomic mass is 9.95. The van der Waals surface area contributed by atoms with E-state index in [2.05, 4.69) is 20.8 Å². The van der Waals surface area contributed by atoms with Gasteiger partial charge in [0, 0.05) is 36.2 Å². The number of carbonyl (C=O) groups is 2. The fourth-order valence-electron chi connectivity index (χ4n) is 5.03. The molecule has 2 aliphatic rings. The van der Waals surface area contributed by atoms with Gasteiger partial charge < -0.3 is 19.5 Å². The molecule has 0 aromatic heterocycles. The highest BCUT2D eigenvalue weighted by atomic mass is 79.9. The van der Waals surface area contributed by atoms with Crippen molar-refractivity contribution >= 4 is 33.4 Å². The lowest BCUT2D eigenvalue weighted by Gasteiger charge is -2.29. The maximum Gasteiger partial charge on any atom is 0.295 e. The molecule has 2 aliphatic heterocycles. The lowest BCUT2D eigenvalue weighted by Crippen LogP contribution is -2.38. The molecule has 5 rings (SSSR count). The molecule has 1 amide bonds. The third kappa shape index (κ3) is 6.41. The number of aliphatic hydroxyl groups excluding tert-OH is 1. The van der Waals surface area contributed by atoms with Crippen molar-refractivity contribution in [3.05, 3.63) is 106 Å². The highest BCUT2D eigenvalue weighted by Crippen LogP contribution is 2.40. The van der Waals surface area contributed by atoms with Gasteiger partial charge in [0.25, 0.3) is 11.7 Å². The summed E-state index contributed by atoms with van der Waals surface area (Å²) in [6.45, 7) is 4.77. The van der Waals surface area contributed by atoms with Crippen molar-refractivity contribution in [3.63, 3.8) is 0 Å². The second-order valence-electron chi connectivity index (χ2n) is 9.65. The van der Waals surface area contributed by atoms with E-state index in [4.69, 9.17) is 9.47 Å². The van der Waals surface area contributed by atoms with Gasteiger partial charge in [0.2, 0.25) is 0 Å². The Hall–Kier alpha value is -3.46. The SMILES string of the molecule is O=C1C(=O)N(CCCN2CCOCC2)C(c2cccc(Br)c2)/C1=C(\O)c1ccc(OCc2ccccc2)cc1. The van der Waals surface area contributed by atoms with Crippen LogP contribution in [0.25, 0.3) is 5.76 Å². The minimum Gasteiger partial charge on any atom is -0.507 e. The van der Waals surface area contributed by atoms with Crippen molar-refractivity contribution in [3.8, 4) is 5.75 Å². The Labute approximate surface area is 236 Å². The molecule has 2 heterocycles. The Morgan fingerprint density at radius 2 is 1.69 bits per heavy atom. The second-order valence-corrected chi connectivity index (χ2v) is 10.6. The Morgan fingerprint density at radius 1 is 0.949 bits per heavy atom. The number of aliphatic hydroxyl groups is 1. The van der Waals surface area contributed by atoms with Gasteiger partial charge in [0.1, 0.15) is 18.1 Å². The Kier molecular flexibility index (Phi) is 8.76. The van der Waals surface area contributed by atoms with Crippen LogP contribution in [0.4, 0.5) is 0 Å². The lowest BCUT2D eigenvalue weighted by molar-refractivity contribution is -0.140. The van der Waals surface area contributed by atoms with E-state index in [1.807, 2.05) is 54.6 Å². The van der Waals surface area contributed by atoms with Crippen LogP contribution in [0.5, 0.6) is 5.75 Å². The van der Waals surface area contributed by atoms with Crippen LogP contribution >= 0.6 is 15.9 Å². The van der Waals surface area contributed by atoms with E-state index in [1.54, 1.807) is 29.2 Å². The highest BCUT2D eigenvalue weighted by Gasteiger charge is 2.45. The van der Waals surface area contributed by atoms with Crippen LogP contribution in [0.15, 0.2) is 88.9 Å². The van der Waals surface area contributed by atoms with E-state index in [-0.39, 0.29) is 11.3 Å².